The Morgan fingerprint density at radius 1 is 1.11 bits per heavy atom. The number of ether oxygens (including phenoxy) is 1. The highest BCUT2D eigenvalue weighted by Gasteiger charge is 2.32. The second kappa shape index (κ2) is 11.2. The average molecular weight is 522 g/mol. The molecule has 2 heterocycles. The minimum atomic E-state index is -4.52. The van der Waals surface area contributed by atoms with Gasteiger partial charge in [-0.1, -0.05) is 30.8 Å². The Balaban J connectivity index is 1.50. The summed E-state index contributed by atoms with van der Waals surface area (Å²) in [6.07, 6.45) is -4.52. The van der Waals surface area contributed by atoms with Gasteiger partial charge in [0, 0.05) is 26.2 Å². The first-order chi connectivity index (χ1) is 17.3. The lowest BCUT2D eigenvalue weighted by Gasteiger charge is -2.36. The van der Waals surface area contributed by atoms with E-state index in [9.17, 15) is 18.0 Å². The second-order valence-electron chi connectivity index (χ2n) is 8.03. The molecule has 3 aromatic rings. The van der Waals surface area contributed by atoms with Crippen LogP contribution in [0, 0.1) is 0 Å². The van der Waals surface area contributed by atoms with Gasteiger partial charge < -0.3 is 19.9 Å². The zero-order valence-electron chi connectivity index (χ0n) is 19.8. The van der Waals surface area contributed by atoms with Crippen LogP contribution in [0.4, 0.5) is 24.5 Å². The number of carbonyl (C=O) groups excluding carboxylic acids is 1. The van der Waals surface area contributed by atoms with E-state index >= 15 is 0 Å². The highest BCUT2D eigenvalue weighted by Crippen LogP contribution is 2.36. The lowest BCUT2D eigenvalue weighted by Crippen LogP contribution is -2.46. The van der Waals surface area contributed by atoms with E-state index in [1.807, 2.05) is 11.0 Å². The summed E-state index contributed by atoms with van der Waals surface area (Å²) in [5.41, 5.74) is 0.474. The molecule has 2 aromatic carbocycles. The SMILES string of the molecule is CCN1CCN(c2ccc(C(F)(F)F)cc2NC(=O)CSc2nnnn2-c2ccccc2OC)CC1. The Labute approximate surface area is 210 Å². The predicted octanol–water partition coefficient (Wildman–Crippen LogP) is 3.56. The number of nitrogens with one attached hydrogen (secondary N) is 1. The summed E-state index contributed by atoms with van der Waals surface area (Å²) in [5.74, 6) is -0.0234. The molecule has 1 aromatic heterocycles. The van der Waals surface area contributed by atoms with Crippen molar-refractivity contribution in [2.45, 2.75) is 18.3 Å². The summed E-state index contributed by atoms with van der Waals surface area (Å²) >= 11 is 1.07. The van der Waals surface area contributed by atoms with Crippen molar-refractivity contribution in [1.82, 2.24) is 25.1 Å². The van der Waals surface area contributed by atoms with Gasteiger partial charge in [-0.05, 0) is 47.3 Å². The summed E-state index contributed by atoms with van der Waals surface area (Å²) in [4.78, 5) is 17.1. The third-order valence-corrected chi connectivity index (χ3v) is 6.76. The third kappa shape index (κ3) is 5.90. The molecule has 0 atom stereocenters. The molecule has 0 unspecified atom stereocenters. The molecule has 192 valence electrons. The lowest BCUT2D eigenvalue weighted by molar-refractivity contribution is -0.137. The van der Waals surface area contributed by atoms with Crippen LogP contribution in [0.2, 0.25) is 0 Å². The van der Waals surface area contributed by atoms with Gasteiger partial charge in [-0.15, -0.1) is 5.10 Å². The number of aromatic nitrogens is 4. The number of halogens is 3. The summed E-state index contributed by atoms with van der Waals surface area (Å²) < 4.78 is 47.0. The highest BCUT2D eigenvalue weighted by molar-refractivity contribution is 7.99. The van der Waals surface area contributed by atoms with E-state index in [1.165, 1.54) is 17.9 Å². The Morgan fingerprint density at radius 3 is 2.56 bits per heavy atom. The summed E-state index contributed by atoms with van der Waals surface area (Å²) in [5, 5.41) is 14.6. The van der Waals surface area contributed by atoms with Crippen LogP contribution in [-0.2, 0) is 11.0 Å². The van der Waals surface area contributed by atoms with Gasteiger partial charge in [-0.2, -0.15) is 17.9 Å². The number of methoxy groups -OCH3 is 1. The van der Waals surface area contributed by atoms with Crippen molar-refractivity contribution in [2.24, 2.45) is 0 Å². The van der Waals surface area contributed by atoms with Gasteiger partial charge in [-0.25, -0.2) is 0 Å². The van der Waals surface area contributed by atoms with Crippen molar-refractivity contribution in [2.75, 3.05) is 55.8 Å². The summed E-state index contributed by atoms with van der Waals surface area (Å²) in [6, 6.07) is 10.6. The number of carbonyl (C=O) groups is 1. The molecule has 9 nitrogen and oxygen atoms in total. The predicted molar refractivity (Wildman–Crippen MR) is 131 cm³/mol. The molecule has 1 N–H and O–H groups in total. The highest BCUT2D eigenvalue weighted by atomic mass is 32.2. The first kappa shape index (κ1) is 25.8. The fourth-order valence-corrected chi connectivity index (χ4v) is 4.62. The van der Waals surface area contributed by atoms with Crippen LogP contribution in [-0.4, -0.2) is 76.6 Å². The van der Waals surface area contributed by atoms with Gasteiger partial charge in [-0.3, -0.25) is 4.79 Å². The lowest BCUT2D eigenvalue weighted by atomic mass is 10.1. The smallest absolute Gasteiger partial charge is 0.416 e. The number of thioether (sulfide) groups is 1. The molecule has 1 saturated heterocycles. The van der Waals surface area contributed by atoms with Crippen molar-refractivity contribution in [3.8, 4) is 11.4 Å². The number of likely N-dealkylation sites (N-methyl/N-ethyl adjacent to an activating group) is 1. The van der Waals surface area contributed by atoms with Crippen molar-refractivity contribution in [3.63, 3.8) is 0 Å². The van der Waals surface area contributed by atoms with Crippen LogP contribution >= 0.6 is 11.8 Å². The van der Waals surface area contributed by atoms with Crippen LogP contribution < -0.4 is 15.0 Å². The standard InChI is InChI=1S/C23H26F3N7O2S/c1-3-31-10-12-32(13-11-31)18-9-8-16(23(24,25)26)14-17(18)27-21(34)15-36-22-28-29-30-33(22)19-6-4-5-7-20(19)35-2/h4-9,14H,3,10-13,15H2,1-2H3,(H,27,34). The van der Waals surface area contributed by atoms with Crippen molar-refractivity contribution < 1.29 is 22.7 Å². The topological polar surface area (TPSA) is 88.4 Å². The van der Waals surface area contributed by atoms with Gasteiger partial charge in [0.05, 0.1) is 29.8 Å². The van der Waals surface area contributed by atoms with Crippen LogP contribution in [0.5, 0.6) is 5.75 Å². The van der Waals surface area contributed by atoms with E-state index in [2.05, 4.69) is 32.7 Å². The van der Waals surface area contributed by atoms with Gasteiger partial charge in [0.25, 0.3) is 0 Å². The zero-order valence-corrected chi connectivity index (χ0v) is 20.6. The van der Waals surface area contributed by atoms with Gasteiger partial charge in [0.15, 0.2) is 0 Å². The number of amides is 1. The van der Waals surface area contributed by atoms with Crippen LogP contribution in [0.25, 0.3) is 5.69 Å². The number of nitrogens with zero attached hydrogens (tertiary/aromatic N) is 6. The van der Waals surface area contributed by atoms with Crippen LogP contribution in [0.3, 0.4) is 0 Å². The maximum Gasteiger partial charge on any atom is 0.416 e. The molecule has 1 fully saturated rings. The number of benzene rings is 2. The number of hydrogen-bond acceptors (Lipinski definition) is 8. The average Bonchev–Trinajstić information content (AvgIpc) is 3.35. The molecular formula is C23H26F3N7O2S. The molecule has 13 heteroatoms. The molecule has 0 aliphatic carbocycles. The van der Waals surface area contributed by atoms with E-state index in [4.69, 9.17) is 4.74 Å². The number of para-hydroxylation sites is 2. The fraction of sp³-hybridized carbons (Fsp3) is 0.391. The second-order valence-corrected chi connectivity index (χ2v) is 8.98. The number of tetrazole rings is 1. The van der Waals surface area contributed by atoms with Crippen LogP contribution in [0.15, 0.2) is 47.6 Å². The Morgan fingerprint density at radius 2 is 1.86 bits per heavy atom. The zero-order chi connectivity index (χ0) is 25.7. The number of anilines is 2. The quantitative estimate of drug-likeness (QED) is 0.451. The van der Waals surface area contributed by atoms with E-state index in [1.54, 1.807) is 18.2 Å². The molecule has 0 spiro atoms. The molecule has 0 radical (unpaired) electrons. The van der Waals surface area contributed by atoms with E-state index in [0.717, 1.165) is 43.5 Å². The Kier molecular flexibility index (Phi) is 7.99. The van der Waals surface area contributed by atoms with E-state index in [0.29, 0.717) is 35.4 Å². The molecule has 36 heavy (non-hydrogen) atoms. The largest absolute Gasteiger partial charge is 0.494 e. The first-order valence-corrected chi connectivity index (χ1v) is 12.3. The number of hydrogen-bond donors (Lipinski definition) is 1. The number of alkyl halides is 3. The molecule has 1 amide bonds. The normalized spacial score (nSPS) is 14.6. The van der Waals surface area contributed by atoms with Crippen LogP contribution in [0.1, 0.15) is 12.5 Å². The minimum Gasteiger partial charge on any atom is -0.494 e. The minimum absolute atomic E-state index is 0.102. The van der Waals surface area contributed by atoms with Gasteiger partial charge in [0.2, 0.25) is 11.1 Å². The summed E-state index contributed by atoms with van der Waals surface area (Å²) in [7, 11) is 1.53. The monoisotopic (exact) mass is 521 g/mol. The Bertz CT molecular complexity index is 1200. The fourth-order valence-electron chi connectivity index (χ4n) is 3.93. The Hall–Kier alpha value is -3.32. The number of rotatable bonds is 8. The third-order valence-electron chi connectivity index (χ3n) is 5.84. The summed E-state index contributed by atoms with van der Waals surface area (Å²) in [6.45, 7) is 5.89. The first-order valence-electron chi connectivity index (χ1n) is 11.3. The molecule has 4 rings (SSSR count). The van der Waals surface area contributed by atoms with E-state index in [-0.39, 0.29) is 11.4 Å². The van der Waals surface area contributed by atoms with Crippen molar-refractivity contribution in [1.29, 1.82) is 0 Å². The molecule has 1 aliphatic heterocycles. The number of piperazine rings is 1. The maximum absolute atomic E-state index is 13.4. The van der Waals surface area contributed by atoms with E-state index < -0.39 is 17.6 Å². The molecule has 0 saturated carbocycles. The van der Waals surface area contributed by atoms with Gasteiger partial charge >= 0.3 is 6.18 Å². The molecular weight excluding hydrogens is 495 g/mol. The maximum atomic E-state index is 13.4. The van der Waals surface area contributed by atoms with Crippen molar-refractivity contribution >= 4 is 29.0 Å². The van der Waals surface area contributed by atoms with Crippen molar-refractivity contribution in [3.05, 3.63) is 48.0 Å². The molecule has 0 bridgehead atoms. The van der Waals surface area contributed by atoms with Gasteiger partial charge in [0.1, 0.15) is 11.4 Å². The molecule has 1 aliphatic rings.